The molecule has 0 spiro atoms. The Balaban J connectivity index is 2.20. The summed E-state index contributed by atoms with van der Waals surface area (Å²) in [4.78, 5) is 39.6. The first kappa shape index (κ1) is 32.5. The number of carbonyl (C=O) groups is 3. The number of rotatable bonds is 18. The molecule has 0 saturated carbocycles. The van der Waals surface area contributed by atoms with Crippen molar-refractivity contribution in [1.82, 2.24) is 0 Å². The van der Waals surface area contributed by atoms with Crippen molar-refractivity contribution in [3.05, 3.63) is 0 Å². The third kappa shape index (κ3) is 7.69. The number of ether oxygens (including phenoxy) is 3. The van der Waals surface area contributed by atoms with Crippen molar-refractivity contribution in [2.24, 2.45) is 5.41 Å². The van der Waals surface area contributed by atoms with Gasteiger partial charge in [0.2, 0.25) is 0 Å². The Morgan fingerprint density at radius 1 is 0.605 bits per heavy atom. The number of unbranched alkanes of at least 4 members (excludes halogenated alkanes) is 14. The fourth-order valence-corrected chi connectivity index (χ4v) is 5.67. The molecule has 2 saturated heterocycles. The molecule has 2 bridgehead atoms. The molecule has 0 amide bonds. The molecular formula is C29H50O9. The highest BCUT2D eigenvalue weighted by molar-refractivity contribution is 5.95. The lowest BCUT2D eigenvalue weighted by atomic mass is 9.63. The monoisotopic (exact) mass is 542 g/mol. The zero-order chi connectivity index (χ0) is 28.3. The summed E-state index contributed by atoms with van der Waals surface area (Å²) < 4.78 is 15.2. The van der Waals surface area contributed by atoms with E-state index < -0.39 is 47.1 Å². The third-order valence-corrected chi connectivity index (χ3v) is 8.26. The molecule has 0 aromatic heterocycles. The molecule has 0 aromatic carbocycles. The number of aliphatic hydroxyl groups is 3. The maximum Gasteiger partial charge on any atom is 0.406 e. The fourth-order valence-electron chi connectivity index (χ4n) is 5.67. The average Bonchev–Trinajstić information content (AvgIpc) is 2.92. The fraction of sp³-hybridized carbons (Fsp3) is 0.897. The maximum atomic E-state index is 13.6. The normalized spacial score (nSPS) is 28.7. The predicted octanol–water partition coefficient (Wildman–Crippen LogP) is 5.17. The molecule has 0 aliphatic carbocycles. The van der Waals surface area contributed by atoms with Crippen molar-refractivity contribution < 1.29 is 43.9 Å². The molecule has 2 fully saturated rings. The second-order valence-electron chi connectivity index (χ2n) is 11.4. The lowest BCUT2D eigenvalue weighted by molar-refractivity contribution is -0.443. The third-order valence-electron chi connectivity index (χ3n) is 8.26. The second kappa shape index (κ2) is 14.6. The number of carbonyl (C=O) groups excluding carboxylic acids is 3. The molecule has 3 atom stereocenters. The van der Waals surface area contributed by atoms with Gasteiger partial charge in [0.25, 0.3) is 0 Å². The Bertz CT molecular complexity index is 782. The van der Waals surface area contributed by atoms with E-state index >= 15 is 0 Å². The summed E-state index contributed by atoms with van der Waals surface area (Å²) in [7, 11) is 0. The van der Waals surface area contributed by atoms with Crippen LogP contribution >= 0.6 is 0 Å². The quantitative estimate of drug-likeness (QED) is 0.122. The summed E-state index contributed by atoms with van der Waals surface area (Å²) in [6.07, 6.45) is 15.1. The molecule has 0 aromatic rings. The van der Waals surface area contributed by atoms with E-state index in [1.807, 2.05) is 0 Å². The lowest BCUT2D eigenvalue weighted by Gasteiger charge is -2.46. The highest BCUT2D eigenvalue weighted by atomic mass is 16.9. The van der Waals surface area contributed by atoms with Crippen molar-refractivity contribution in [3.8, 4) is 0 Å². The molecule has 3 unspecified atom stereocenters. The summed E-state index contributed by atoms with van der Waals surface area (Å²) in [5.41, 5.74) is -4.42. The summed E-state index contributed by atoms with van der Waals surface area (Å²) in [6.45, 7) is 5.21. The van der Waals surface area contributed by atoms with E-state index in [2.05, 4.69) is 13.8 Å². The van der Waals surface area contributed by atoms with E-state index in [0.717, 1.165) is 64.7 Å². The number of cyclic esters (lactones) is 1. The number of esters is 3. The molecule has 220 valence electrons. The van der Waals surface area contributed by atoms with E-state index in [4.69, 9.17) is 14.2 Å². The SMILES string of the molecule is CCCCCCCCCCCCC1(CCCCCCCC)C(=O)OC(O)(O)C2(C)OC(=O)CC1(O)C(=O)O2. The van der Waals surface area contributed by atoms with Crippen LogP contribution in [0.15, 0.2) is 0 Å². The molecular weight excluding hydrogens is 492 g/mol. The van der Waals surface area contributed by atoms with Crippen LogP contribution in [-0.4, -0.2) is 50.6 Å². The zero-order valence-electron chi connectivity index (χ0n) is 23.7. The molecule has 38 heavy (non-hydrogen) atoms. The van der Waals surface area contributed by atoms with Crippen LogP contribution in [0.5, 0.6) is 0 Å². The van der Waals surface area contributed by atoms with Crippen LogP contribution in [0.1, 0.15) is 143 Å². The summed E-state index contributed by atoms with van der Waals surface area (Å²) in [5.74, 6) is -9.61. The van der Waals surface area contributed by atoms with Crippen molar-refractivity contribution in [3.63, 3.8) is 0 Å². The van der Waals surface area contributed by atoms with E-state index in [1.165, 1.54) is 32.1 Å². The Labute approximate surface area is 227 Å². The predicted molar refractivity (Wildman–Crippen MR) is 140 cm³/mol. The minimum absolute atomic E-state index is 0.0427. The van der Waals surface area contributed by atoms with Gasteiger partial charge in [-0.15, -0.1) is 0 Å². The van der Waals surface area contributed by atoms with Gasteiger partial charge in [0.05, 0.1) is 6.42 Å². The van der Waals surface area contributed by atoms with E-state index in [9.17, 15) is 29.7 Å². The first-order chi connectivity index (χ1) is 18.0. The van der Waals surface area contributed by atoms with Crippen molar-refractivity contribution in [2.75, 3.05) is 0 Å². The van der Waals surface area contributed by atoms with Crippen LogP contribution in [0.2, 0.25) is 0 Å². The van der Waals surface area contributed by atoms with Crippen molar-refractivity contribution in [1.29, 1.82) is 0 Å². The van der Waals surface area contributed by atoms with Gasteiger partial charge in [-0.25, -0.2) is 4.79 Å². The van der Waals surface area contributed by atoms with Crippen molar-refractivity contribution >= 4 is 17.9 Å². The van der Waals surface area contributed by atoms with Crippen LogP contribution in [0.4, 0.5) is 0 Å². The number of fused-ring (bicyclic) bond motifs is 3. The van der Waals surface area contributed by atoms with E-state index in [0.29, 0.717) is 12.8 Å². The number of hydrogen-bond acceptors (Lipinski definition) is 9. The minimum atomic E-state index is -3.41. The van der Waals surface area contributed by atoms with Gasteiger partial charge in [0, 0.05) is 6.92 Å². The zero-order valence-corrected chi connectivity index (χ0v) is 23.7. The van der Waals surface area contributed by atoms with Crippen LogP contribution in [-0.2, 0) is 28.6 Å². The number of hydrogen-bond donors (Lipinski definition) is 3. The Hall–Kier alpha value is -1.71. The lowest BCUT2D eigenvalue weighted by Crippen LogP contribution is -2.67. The van der Waals surface area contributed by atoms with Gasteiger partial charge in [-0.1, -0.05) is 117 Å². The average molecular weight is 543 g/mol. The molecule has 9 heteroatoms. The summed E-state index contributed by atoms with van der Waals surface area (Å²) >= 11 is 0. The molecule has 2 aliphatic heterocycles. The van der Waals surface area contributed by atoms with Gasteiger partial charge < -0.3 is 29.5 Å². The first-order valence-corrected chi connectivity index (χ1v) is 14.8. The standard InChI is InChI=1S/C29H50O9/c1-4-6-8-10-12-13-14-15-17-19-21-27(20-18-16-11-9-7-5-2)24(31)38-29(34,35)26(3)36-23(30)22-28(27,33)25(32)37-26/h33-35H,4-22H2,1-3H3. The first-order valence-electron chi connectivity index (χ1n) is 14.8. The van der Waals surface area contributed by atoms with Gasteiger partial charge in [0.1, 0.15) is 5.41 Å². The summed E-state index contributed by atoms with van der Waals surface area (Å²) in [5, 5.41) is 32.9. The van der Waals surface area contributed by atoms with Crippen LogP contribution in [0.3, 0.4) is 0 Å². The highest BCUT2D eigenvalue weighted by Gasteiger charge is 2.72. The second-order valence-corrected chi connectivity index (χ2v) is 11.4. The maximum absolute atomic E-state index is 13.6. The van der Waals surface area contributed by atoms with E-state index in [-0.39, 0.29) is 12.8 Å². The Morgan fingerprint density at radius 3 is 1.47 bits per heavy atom. The van der Waals surface area contributed by atoms with E-state index in [1.54, 1.807) is 0 Å². The van der Waals surface area contributed by atoms with Gasteiger partial charge in [-0.3, -0.25) is 9.59 Å². The van der Waals surface area contributed by atoms with Crippen molar-refractivity contribution in [2.45, 2.75) is 160 Å². The van der Waals surface area contributed by atoms with Crippen LogP contribution in [0.25, 0.3) is 0 Å². The van der Waals surface area contributed by atoms with Gasteiger partial charge in [0.15, 0.2) is 5.60 Å². The molecule has 0 radical (unpaired) electrons. The Kier molecular flexibility index (Phi) is 12.5. The van der Waals surface area contributed by atoms with Gasteiger partial charge >= 0.3 is 29.7 Å². The molecule has 3 N–H and O–H groups in total. The molecule has 2 heterocycles. The van der Waals surface area contributed by atoms with Crippen LogP contribution < -0.4 is 0 Å². The largest absolute Gasteiger partial charge is 0.413 e. The molecule has 9 nitrogen and oxygen atoms in total. The molecule has 2 rings (SSSR count). The van der Waals surface area contributed by atoms with Crippen LogP contribution in [0, 0.1) is 5.41 Å². The Morgan fingerprint density at radius 2 is 1.03 bits per heavy atom. The minimum Gasteiger partial charge on any atom is -0.413 e. The topological polar surface area (TPSA) is 140 Å². The summed E-state index contributed by atoms with van der Waals surface area (Å²) in [6, 6.07) is 0. The highest BCUT2D eigenvalue weighted by Crippen LogP contribution is 2.51. The smallest absolute Gasteiger partial charge is 0.406 e. The van der Waals surface area contributed by atoms with Gasteiger partial charge in [-0.05, 0) is 12.8 Å². The van der Waals surface area contributed by atoms with Gasteiger partial charge in [-0.2, -0.15) is 0 Å². The molecule has 2 aliphatic rings.